The van der Waals surface area contributed by atoms with Gasteiger partial charge in [0, 0.05) is 14.1 Å². The molecule has 0 radical (unpaired) electrons. The summed E-state index contributed by atoms with van der Waals surface area (Å²) in [6.07, 6.45) is 0. The van der Waals surface area contributed by atoms with Crippen LogP contribution in [0.3, 0.4) is 0 Å². The Labute approximate surface area is 122 Å². The highest BCUT2D eigenvalue weighted by atomic mass is 79.9. The normalized spacial score (nSPS) is 11.6. The fourth-order valence-corrected chi connectivity index (χ4v) is 3.28. The number of halogens is 1. The minimum Gasteiger partial charge on any atom is -0.120 e. The SMILES string of the molecule is CC(C)(C)Sc1ccccc1-c1cccc(Br)c1. The van der Waals surface area contributed by atoms with Gasteiger partial charge in [0.25, 0.3) is 0 Å². The summed E-state index contributed by atoms with van der Waals surface area (Å²) in [6, 6.07) is 17.1. The molecule has 2 rings (SSSR count). The van der Waals surface area contributed by atoms with Crippen molar-refractivity contribution in [2.24, 2.45) is 0 Å². The predicted molar refractivity (Wildman–Crippen MR) is 85.2 cm³/mol. The van der Waals surface area contributed by atoms with Gasteiger partial charge in [0.2, 0.25) is 0 Å². The molecule has 2 aromatic carbocycles. The molecule has 0 heterocycles. The van der Waals surface area contributed by atoms with Gasteiger partial charge >= 0.3 is 0 Å². The van der Waals surface area contributed by atoms with Crippen molar-refractivity contribution in [3.8, 4) is 11.1 Å². The molecule has 0 aliphatic carbocycles. The van der Waals surface area contributed by atoms with E-state index in [1.807, 2.05) is 11.8 Å². The zero-order valence-corrected chi connectivity index (χ0v) is 13.3. The van der Waals surface area contributed by atoms with E-state index in [9.17, 15) is 0 Å². The zero-order valence-electron chi connectivity index (χ0n) is 10.9. The van der Waals surface area contributed by atoms with Gasteiger partial charge in [0.1, 0.15) is 0 Å². The van der Waals surface area contributed by atoms with E-state index in [2.05, 4.69) is 85.2 Å². The van der Waals surface area contributed by atoms with Crippen molar-refractivity contribution in [2.75, 3.05) is 0 Å². The lowest BCUT2D eigenvalue weighted by Gasteiger charge is -2.20. The second-order valence-corrected chi connectivity index (χ2v) is 8.01. The van der Waals surface area contributed by atoms with Gasteiger partial charge in [0.05, 0.1) is 0 Å². The Kier molecular flexibility index (Phi) is 4.18. The first-order valence-electron chi connectivity index (χ1n) is 6.00. The van der Waals surface area contributed by atoms with Crippen molar-refractivity contribution in [3.63, 3.8) is 0 Å². The van der Waals surface area contributed by atoms with Crippen LogP contribution in [-0.2, 0) is 0 Å². The van der Waals surface area contributed by atoms with E-state index < -0.39 is 0 Å². The smallest absolute Gasteiger partial charge is 0.0181 e. The molecule has 2 heteroatoms. The number of hydrogen-bond donors (Lipinski definition) is 0. The third kappa shape index (κ3) is 3.63. The largest absolute Gasteiger partial charge is 0.120 e. The maximum Gasteiger partial charge on any atom is 0.0181 e. The molecule has 0 unspecified atom stereocenters. The Morgan fingerprint density at radius 3 is 2.33 bits per heavy atom. The van der Waals surface area contributed by atoms with Crippen LogP contribution in [-0.4, -0.2) is 4.75 Å². The lowest BCUT2D eigenvalue weighted by atomic mass is 10.1. The summed E-state index contributed by atoms with van der Waals surface area (Å²) in [5.74, 6) is 0. The second kappa shape index (κ2) is 5.50. The van der Waals surface area contributed by atoms with Crippen molar-refractivity contribution >= 4 is 27.7 Å². The molecule has 2 aromatic rings. The van der Waals surface area contributed by atoms with E-state index in [1.54, 1.807) is 0 Å². The molecule has 0 aliphatic heterocycles. The maximum absolute atomic E-state index is 3.54. The quantitative estimate of drug-likeness (QED) is 0.611. The molecule has 0 bridgehead atoms. The summed E-state index contributed by atoms with van der Waals surface area (Å²) in [7, 11) is 0. The molecular weight excluding hydrogens is 304 g/mol. The molecule has 94 valence electrons. The maximum atomic E-state index is 3.54. The fourth-order valence-electron chi connectivity index (χ4n) is 1.78. The third-order valence-corrected chi connectivity index (χ3v) is 4.12. The summed E-state index contributed by atoms with van der Waals surface area (Å²) in [6.45, 7) is 6.74. The Morgan fingerprint density at radius 1 is 0.944 bits per heavy atom. The third-order valence-electron chi connectivity index (χ3n) is 2.44. The van der Waals surface area contributed by atoms with Crippen LogP contribution in [0.2, 0.25) is 0 Å². The average Bonchev–Trinajstić information content (AvgIpc) is 2.27. The van der Waals surface area contributed by atoms with Gasteiger partial charge < -0.3 is 0 Å². The first kappa shape index (κ1) is 13.7. The second-order valence-electron chi connectivity index (χ2n) is 5.22. The molecule has 0 aromatic heterocycles. The van der Waals surface area contributed by atoms with Crippen molar-refractivity contribution in [1.29, 1.82) is 0 Å². The van der Waals surface area contributed by atoms with Crippen LogP contribution in [0.5, 0.6) is 0 Å². The molecule has 0 amide bonds. The summed E-state index contributed by atoms with van der Waals surface area (Å²) >= 11 is 5.45. The summed E-state index contributed by atoms with van der Waals surface area (Å²) in [4.78, 5) is 1.34. The lowest BCUT2D eigenvalue weighted by Crippen LogP contribution is -2.06. The Bertz CT molecular complexity index is 541. The molecule has 0 aliphatic rings. The van der Waals surface area contributed by atoms with E-state index >= 15 is 0 Å². The van der Waals surface area contributed by atoms with Gasteiger partial charge in [-0.05, 0) is 29.3 Å². The van der Waals surface area contributed by atoms with E-state index in [0.29, 0.717) is 0 Å². The molecule has 0 N–H and O–H groups in total. The van der Waals surface area contributed by atoms with Gasteiger partial charge in [-0.1, -0.05) is 67.0 Å². The Morgan fingerprint density at radius 2 is 1.67 bits per heavy atom. The average molecular weight is 321 g/mol. The van der Waals surface area contributed by atoms with Gasteiger partial charge in [-0.3, -0.25) is 0 Å². The Balaban J connectivity index is 2.45. The van der Waals surface area contributed by atoms with Crippen LogP contribution in [0.25, 0.3) is 11.1 Å². The van der Waals surface area contributed by atoms with E-state index in [-0.39, 0.29) is 4.75 Å². The summed E-state index contributed by atoms with van der Waals surface area (Å²) < 4.78 is 1.35. The molecule has 0 saturated heterocycles. The topological polar surface area (TPSA) is 0 Å². The van der Waals surface area contributed by atoms with Crippen LogP contribution >= 0.6 is 27.7 Å². The van der Waals surface area contributed by atoms with E-state index in [4.69, 9.17) is 0 Å². The molecule has 0 fully saturated rings. The number of thioether (sulfide) groups is 1. The number of rotatable bonds is 2. The lowest BCUT2D eigenvalue weighted by molar-refractivity contribution is 0.803. The van der Waals surface area contributed by atoms with Crippen LogP contribution in [0, 0.1) is 0 Å². The predicted octanol–water partition coefficient (Wildman–Crippen LogP) is 6.01. The molecule has 0 nitrogen and oxygen atoms in total. The van der Waals surface area contributed by atoms with E-state index in [1.165, 1.54) is 16.0 Å². The minimum absolute atomic E-state index is 0.224. The molecule has 18 heavy (non-hydrogen) atoms. The first-order valence-corrected chi connectivity index (χ1v) is 7.61. The highest BCUT2D eigenvalue weighted by Crippen LogP contribution is 2.38. The van der Waals surface area contributed by atoms with Crippen LogP contribution < -0.4 is 0 Å². The van der Waals surface area contributed by atoms with Gasteiger partial charge in [-0.2, -0.15) is 0 Å². The minimum atomic E-state index is 0.224. The molecule has 0 saturated carbocycles. The molecule has 0 atom stereocenters. The molecular formula is C16H17BrS. The van der Waals surface area contributed by atoms with Crippen molar-refractivity contribution in [1.82, 2.24) is 0 Å². The van der Waals surface area contributed by atoms with Gasteiger partial charge in [-0.25, -0.2) is 0 Å². The van der Waals surface area contributed by atoms with Crippen molar-refractivity contribution in [2.45, 2.75) is 30.4 Å². The fraction of sp³-hybridized carbons (Fsp3) is 0.250. The zero-order chi connectivity index (χ0) is 13.2. The first-order chi connectivity index (χ1) is 8.46. The monoisotopic (exact) mass is 320 g/mol. The van der Waals surface area contributed by atoms with Crippen molar-refractivity contribution in [3.05, 3.63) is 53.0 Å². The van der Waals surface area contributed by atoms with Crippen LogP contribution in [0.1, 0.15) is 20.8 Å². The molecule has 0 spiro atoms. The standard InChI is InChI=1S/C16H17BrS/c1-16(2,3)18-15-10-5-4-9-14(15)12-7-6-8-13(17)11-12/h4-11H,1-3H3. The Hall–Kier alpha value is -0.730. The van der Waals surface area contributed by atoms with Gasteiger partial charge in [0.15, 0.2) is 0 Å². The van der Waals surface area contributed by atoms with Crippen LogP contribution in [0.15, 0.2) is 57.9 Å². The van der Waals surface area contributed by atoms with E-state index in [0.717, 1.165) is 4.47 Å². The van der Waals surface area contributed by atoms with Crippen molar-refractivity contribution < 1.29 is 0 Å². The highest BCUT2D eigenvalue weighted by Gasteiger charge is 2.15. The number of hydrogen-bond acceptors (Lipinski definition) is 1. The number of benzene rings is 2. The summed E-state index contributed by atoms with van der Waals surface area (Å²) in [5.41, 5.74) is 2.57. The highest BCUT2D eigenvalue weighted by molar-refractivity contribution is 9.10. The van der Waals surface area contributed by atoms with Crippen LogP contribution in [0.4, 0.5) is 0 Å². The van der Waals surface area contributed by atoms with Gasteiger partial charge in [-0.15, -0.1) is 11.8 Å². The summed E-state index contributed by atoms with van der Waals surface area (Å²) in [5, 5.41) is 0.